The molecule has 4 rings (SSSR count). The van der Waals surface area contributed by atoms with Gasteiger partial charge in [0, 0.05) is 48.2 Å². The van der Waals surface area contributed by atoms with Gasteiger partial charge in [-0.3, -0.25) is 9.59 Å². The number of carbonyl (C=O) groups excluding carboxylic acids is 2. The number of carbonyl (C=O) groups is 2. The molecule has 3 aromatic rings. The molecule has 2 heterocycles. The zero-order chi connectivity index (χ0) is 22.0. The van der Waals surface area contributed by atoms with Crippen molar-refractivity contribution in [1.82, 2.24) is 14.8 Å². The van der Waals surface area contributed by atoms with Gasteiger partial charge in [-0.05, 0) is 38.1 Å². The lowest BCUT2D eigenvalue weighted by molar-refractivity contribution is -0.142. The number of anilines is 1. The smallest absolute Gasteiger partial charge is 0.263 e. The maximum absolute atomic E-state index is 13.1. The Morgan fingerprint density at radius 1 is 1.06 bits per heavy atom. The molecule has 0 saturated carbocycles. The molecule has 1 fully saturated rings. The first kappa shape index (κ1) is 20.7. The quantitative estimate of drug-likeness (QED) is 0.704. The van der Waals surface area contributed by atoms with Crippen molar-refractivity contribution in [3.63, 3.8) is 0 Å². The SMILES string of the molecule is CC(Oc1cccc2c(N)nccc12)C(=O)N1CCN(C(=O)c2ccccc2)CC1C. The maximum Gasteiger partial charge on any atom is 0.263 e. The lowest BCUT2D eigenvalue weighted by atomic mass is 10.1. The summed E-state index contributed by atoms with van der Waals surface area (Å²) in [7, 11) is 0. The summed E-state index contributed by atoms with van der Waals surface area (Å²) in [6, 6.07) is 16.5. The van der Waals surface area contributed by atoms with Gasteiger partial charge < -0.3 is 20.3 Å². The van der Waals surface area contributed by atoms with Crippen LogP contribution in [0.25, 0.3) is 10.8 Å². The summed E-state index contributed by atoms with van der Waals surface area (Å²) < 4.78 is 6.03. The van der Waals surface area contributed by atoms with Crippen molar-refractivity contribution < 1.29 is 14.3 Å². The minimum absolute atomic E-state index is 0.00852. The van der Waals surface area contributed by atoms with E-state index in [1.165, 1.54) is 0 Å². The van der Waals surface area contributed by atoms with Crippen LogP contribution in [0, 0.1) is 0 Å². The van der Waals surface area contributed by atoms with Crippen LogP contribution < -0.4 is 10.5 Å². The summed E-state index contributed by atoms with van der Waals surface area (Å²) >= 11 is 0. The number of nitrogens with two attached hydrogens (primary N) is 1. The van der Waals surface area contributed by atoms with Crippen LogP contribution >= 0.6 is 0 Å². The third kappa shape index (κ3) is 4.17. The first-order valence-electron chi connectivity index (χ1n) is 10.4. The second-order valence-corrected chi connectivity index (χ2v) is 7.81. The van der Waals surface area contributed by atoms with Crippen LogP contribution in [0.1, 0.15) is 24.2 Å². The summed E-state index contributed by atoms with van der Waals surface area (Å²) in [5.41, 5.74) is 6.62. The molecule has 0 radical (unpaired) electrons. The number of aromatic nitrogens is 1. The number of piperazine rings is 1. The van der Waals surface area contributed by atoms with E-state index in [1.807, 2.05) is 61.5 Å². The number of benzene rings is 2. The Balaban J connectivity index is 1.43. The second kappa shape index (κ2) is 8.63. The number of hydrogen-bond acceptors (Lipinski definition) is 5. The zero-order valence-corrected chi connectivity index (χ0v) is 17.7. The number of amides is 2. The number of fused-ring (bicyclic) bond motifs is 1. The molecule has 160 valence electrons. The Bertz CT molecular complexity index is 1100. The fourth-order valence-corrected chi connectivity index (χ4v) is 4.01. The van der Waals surface area contributed by atoms with Crippen LogP contribution in [0.4, 0.5) is 5.82 Å². The molecule has 1 saturated heterocycles. The molecule has 2 aromatic carbocycles. The van der Waals surface area contributed by atoms with E-state index in [-0.39, 0.29) is 17.9 Å². The fourth-order valence-electron chi connectivity index (χ4n) is 4.01. The summed E-state index contributed by atoms with van der Waals surface area (Å²) in [6.07, 6.45) is 0.959. The molecule has 1 aliphatic rings. The first-order valence-corrected chi connectivity index (χ1v) is 10.4. The van der Waals surface area contributed by atoms with Crippen molar-refractivity contribution in [1.29, 1.82) is 0 Å². The van der Waals surface area contributed by atoms with Crippen LogP contribution in [0.5, 0.6) is 5.75 Å². The number of nitrogens with zero attached hydrogens (tertiary/aromatic N) is 3. The van der Waals surface area contributed by atoms with E-state index >= 15 is 0 Å². The molecular weight excluding hydrogens is 392 g/mol. The molecule has 2 amide bonds. The molecule has 1 aromatic heterocycles. The van der Waals surface area contributed by atoms with Crippen molar-refractivity contribution in [2.24, 2.45) is 0 Å². The zero-order valence-electron chi connectivity index (χ0n) is 17.7. The highest BCUT2D eigenvalue weighted by atomic mass is 16.5. The largest absolute Gasteiger partial charge is 0.480 e. The molecular formula is C24H26N4O3. The van der Waals surface area contributed by atoms with Gasteiger partial charge in [-0.15, -0.1) is 0 Å². The van der Waals surface area contributed by atoms with Crippen molar-refractivity contribution in [3.05, 3.63) is 66.4 Å². The molecule has 0 bridgehead atoms. The van der Waals surface area contributed by atoms with Crippen LogP contribution in [0.15, 0.2) is 60.8 Å². The molecule has 31 heavy (non-hydrogen) atoms. The number of hydrogen-bond donors (Lipinski definition) is 1. The number of pyridine rings is 1. The normalized spacial score (nSPS) is 17.4. The molecule has 1 aliphatic heterocycles. The van der Waals surface area contributed by atoms with E-state index < -0.39 is 6.10 Å². The topological polar surface area (TPSA) is 88.8 Å². The van der Waals surface area contributed by atoms with Gasteiger partial charge >= 0.3 is 0 Å². The van der Waals surface area contributed by atoms with E-state index in [2.05, 4.69) is 4.98 Å². The van der Waals surface area contributed by atoms with Crippen LogP contribution in [0.2, 0.25) is 0 Å². The van der Waals surface area contributed by atoms with Crippen LogP contribution in [-0.2, 0) is 4.79 Å². The van der Waals surface area contributed by atoms with Gasteiger partial charge in [0.25, 0.3) is 11.8 Å². The van der Waals surface area contributed by atoms with Crippen LogP contribution in [0.3, 0.4) is 0 Å². The molecule has 0 spiro atoms. The summed E-state index contributed by atoms with van der Waals surface area (Å²) in [5.74, 6) is 0.914. The molecule has 7 heteroatoms. The lowest BCUT2D eigenvalue weighted by Gasteiger charge is -2.40. The highest BCUT2D eigenvalue weighted by molar-refractivity contribution is 5.96. The van der Waals surface area contributed by atoms with E-state index in [4.69, 9.17) is 10.5 Å². The van der Waals surface area contributed by atoms with Gasteiger partial charge in [0.2, 0.25) is 0 Å². The van der Waals surface area contributed by atoms with Gasteiger partial charge in [-0.2, -0.15) is 0 Å². The van der Waals surface area contributed by atoms with Gasteiger partial charge in [0.05, 0.1) is 0 Å². The van der Waals surface area contributed by atoms with E-state index in [0.717, 1.165) is 10.8 Å². The first-order chi connectivity index (χ1) is 15.0. The maximum atomic E-state index is 13.1. The number of rotatable bonds is 4. The molecule has 2 atom stereocenters. The number of nitrogen functional groups attached to an aromatic ring is 1. The lowest BCUT2D eigenvalue weighted by Crippen LogP contribution is -2.57. The molecule has 7 nitrogen and oxygen atoms in total. The Morgan fingerprint density at radius 3 is 2.58 bits per heavy atom. The average molecular weight is 418 g/mol. The minimum Gasteiger partial charge on any atom is -0.480 e. The Morgan fingerprint density at radius 2 is 1.84 bits per heavy atom. The highest BCUT2D eigenvalue weighted by Crippen LogP contribution is 2.29. The standard InChI is InChI=1S/C24H26N4O3/c1-16-15-27(24(30)18-7-4-3-5-8-18)13-14-28(16)23(29)17(2)31-21-10-6-9-20-19(21)11-12-26-22(20)25/h3-12,16-17H,13-15H2,1-2H3,(H2,25,26). The van der Waals surface area contributed by atoms with Gasteiger partial charge in [0.1, 0.15) is 11.6 Å². The van der Waals surface area contributed by atoms with E-state index in [9.17, 15) is 9.59 Å². The predicted molar refractivity (Wildman–Crippen MR) is 120 cm³/mol. The molecule has 2 unspecified atom stereocenters. The fraction of sp³-hybridized carbons (Fsp3) is 0.292. The van der Waals surface area contributed by atoms with Gasteiger partial charge in [0.15, 0.2) is 6.10 Å². The Hall–Kier alpha value is -3.61. The average Bonchev–Trinajstić information content (AvgIpc) is 2.79. The predicted octanol–water partition coefficient (Wildman–Crippen LogP) is 2.96. The van der Waals surface area contributed by atoms with Crippen LogP contribution in [-0.4, -0.2) is 58.4 Å². The second-order valence-electron chi connectivity index (χ2n) is 7.81. The third-order valence-electron chi connectivity index (χ3n) is 5.67. The van der Waals surface area contributed by atoms with Crippen molar-refractivity contribution in [3.8, 4) is 5.75 Å². The van der Waals surface area contributed by atoms with E-state index in [1.54, 1.807) is 22.9 Å². The van der Waals surface area contributed by atoms with Crippen molar-refractivity contribution in [2.45, 2.75) is 26.0 Å². The van der Waals surface area contributed by atoms with Crippen molar-refractivity contribution in [2.75, 3.05) is 25.4 Å². The van der Waals surface area contributed by atoms with E-state index in [0.29, 0.717) is 36.8 Å². The Kier molecular flexibility index (Phi) is 5.75. The monoisotopic (exact) mass is 418 g/mol. The van der Waals surface area contributed by atoms with Crippen molar-refractivity contribution >= 4 is 28.4 Å². The summed E-state index contributed by atoms with van der Waals surface area (Å²) in [6.45, 7) is 5.16. The molecule has 2 N–H and O–H groups in total. The summed E-state index contributed by atoms with van der Waals surface area (Å²) in [5, 5.41) is 1.61. The highest BCUT2D eigenvalue weighted by Gasteiger charge is 2.33. The Labute approximate surface area is 181 Å². The minimum atomic E-state index is -0.668. The third-order valence-corrected chi connectivity index (χ3v) is 5.67. The van der Waals surface area contributed by atoms with Gasteiger partial charge in [-0.25, -0.2) is 4.98 Å². The van der Waals surface area contributed by atoms with Gasteiger partial charge in [-0.1, -0.05) is 30.3 Å². The summed E-state index contributed by atoms with van der Waals surface area (Å²) in [4.78, 5) is 33.6. The number of ether oxygens (including phenoxy) is 1. The molecule has 0 aliphatic carbocycles.